The molecule has 2 rings (SSSR count). The van der Waals surface area contributed by atoms with Crippen molar-refractivity contribution in [1.29, 1.82) is 0 Å². The molecule has 1 saturated heterocycles. The number of rotatable bonds is 5. The van der Waals surface area contributed by atoms with Crippen molar-refractivity contribution in [2.24, 2.45) is 0 Å². The largest absolute Gasteiger partial charge is 0.396 e. The molecule has 0 saturated carbocycles. The normalized spacial score (nSPS) is 19.9. The summed E-state index contributed by atoms with van der Waals surface area (Å²) in [6.07, 6.45) is 0.0565. The maximum atomic E-state index is 13.8. The Hall–Kier alpha value is -1.18. The molecule has 0 bridgehead atoms. The van der Waals surface area contributed by atoms with Gasteiger partial charge in [0, 0.05) is 24.5 Å². The number of amides is 1. The first-order valence-corrected chi connectivity index (χ1v) is 7.38. The van der Waals surface area contributed by atoms with Gasteiger partial charge in [0.2, 0.25) is 5.91 Å². The lowest BCUT2D eigenvalue weighted by atomic mass is 10.0. The Labute approximate surface area is 119 Å². The number of carbonyl (C=O) groups excluding carboxylic acids is 1. The molecule has 1 aliphatic rings. The first-order chi connectivity index (χ1) is 9.63. The van der Waals surface area contributed by atoms with Gasteiger partial charge in [0.25, 0.3) is 0 Å². The van der Waals surface area contributed by atoms with Crippen LogP contribution in [0.4, 0.5) is 8.78 Å². The van der Waals surface area contributed by atoms with Crippen molar-refractivity contribution in [3.8, 4) is 0 Å². The van der Waals surface area contributed by atoms with Crippen LogP contribution in [-0.2, 0) is 4.79 Å². The number of thioether (sulfide) groups is 1. The number of aliphatic hydroxyl groups excluding tert-OH is 1. The van der Waals surface area contributed by atoms with Gasteiger partial charge in [-0.15, -0.1) is 11.8 Å². The highest BCUT2D eigenvalue weighted by Gasteiger charge is 2.27. The van der Waals surface area contributed by atoms with E-state index in [9.17, 15) is 13.6 Å². The Kier molecular flexibility index (Phi) is 5.33. The minimum absolute atomic E-state index is 0.0565. The van der Waals surface area contributed by atoms with Crippen molar-refractivity contribution in [1.82, 2.24) is 10.6 Å². The Balaban J connectivity index is 2.16. The van der Waals surface area contributed by atoms with Crippen molar-refractivity contribution in [3.63, 3.8) is 0 Å². The summed E-state index contributed by atoms with van der Waals surface area (Å²) in [6, 6.07) is 2.66. The van der Waals surface area contributed by atoms with Crippen LogP contribution in [0.15, 0.2) is 18.2 Å². The molecule has 4 nitrogen and oxygen atoms in total. The van der Waals surface area contributed by atoms with E-state index in [1.807, 2.05) is 0 Å². The average molecular weight is 302 g/mol. The number of hydrogen-bond acceptors (Lipinski definition) is 4. The van der Waals surface area contributed by atoms with Crippen LogP contribution in [-0.4, -0.2) is 35.3 Å². The average Bonchev–Trinajstić information content (AvgIpc) is 2.92. The van der Waals surface area contributed by atoms with Gasteiger partial charge in [-0.1, -0.05) is 6.07 Å². The Morgan fingerprint density at radius 3 is 2.75 bits per heavy atom. The lowest BCUT2D eigenvalue weighted by Gasteiger charge is -2.21. The third-order valence-corrected chi connectivity index (χ3v) is 4.19. The van der Waals surface area contributed by atoms with E-state index in [1.165, 1.54) is 17.8 Å². The third-order valence-electron chi connectivity index (χ3n) is 3.04. The van der Waals surface area contributed by atoms with Crippen LogP contribution in [0.2, 0.25) is 0 Å². The van der Waals surface area contributed by atoms with Gasteiger partial charge in [0.1, 0.15) is 17.0 Å². The van der Waals surface area contributed by atoms with Gasteiger partial charge in [0.15, 0.2) is 0 Å². The highest BCUT2D eigenvalue weighted by molar-refractivity contribution is 8.00. The second-order valence-corrected chi connectivity index (χ2v) is 5.63. The molecule has 1 aliphatic heterocycles. The minimum Gasteiger partial charge on any atom is -0.396 e. The summed E-state index contributed by atoms with van der Waals surface area (Å²) in [6.45, 7) is 0.450. The molecule has 0 radical (unpaired) electrons. The fraction of sp³-hybridized carbons (Fsp3) is 0.462. The lowest BCUT2D eigenvalue weighted by Crippen LogP contribution is -2.41. The summed E-state index contributed by atoms with van der Waals surface area (Å²) >= 11 is 1.44. The summed E-state index contributed by atoms with van der Waals surface area (Å²) in [4.78, 5) is 12.0. The number of hydrogen-bond donors (Lipinski definition) is 3. The molecule has 1 heterocycles. The zero-order chi connectivity index (χ0) is 14.5. The summed E-state index contributed by atoms with van der Waals surface area (Å²) in [5.41, 5.74) is -0.210. The Morgan fingerprint density at radius 1 is 1.50 bits per heavy atom. The molecule has 0 aromatic heterocycles. The van der Waals surface area contributed by atoms with Gasteiger partial charge in [-0.3, -0.25) is 10.1 Å². The van der Waals surface area contributed by atoms with Crippen LogP contribution in [0.5, 0.6) is 0 Å². The number of halogens is 2. The Bertz CT molecular complexity index is 461. The van der Waals surface area contributed by atoms with Gasteiger partial charge in [-0.25, -0.2) is 8.78 Å². The van der Waals surface area contributed by atoms with Crippen molar-refractivity contribution in [2.45, 2.75) is 17.8 Å². The van der Waals surface area contributed by atoms with Crippen LogP contribution in [0.25, 0.3) is 0 Å². The van der Waals surface area contributed by atoms with E-state index < -0.39 is 23.1 Å². The van der Waals surface area contributed by atoms with E-state index in [0.29, 0.717) is 0 Å². The zero-order valence-electron chi connectivity index (χ0n) is 10.7. The summed E-state index contributed by atoms with van der Waals surface area (Å²) in [7, 11) is 0. The molecule has 1 amide bonds. The fourth-order valence-corrected chi connectivity index (χ4v) is 3.03. The van der Waals surface area contributed by atoms with E-state index in [4.69, 9.17) is 5.11 Å². The molecule has 1 fully saturated rings. The topological polar surface area (TPSA) is 61.4 Å². The number of aliphatic hydroxyl groups is 1. The molecule has 2 unspecified atom stereocenters. The first kappa shape index (κ1) is 15.2. The van der Waals surface area contributed by atoms with Crippen molar-refractivity contribution >= 4 is 17.7 Å². The first-order valence-electron chi connectivity index (χ1n) is 6.33. The van der Waals surface area contributed by atoms with E-state index in [-0.39, 0.29) is 24.5 Å². The van der Waals surface area contributed by atoms with Gasteiger partial charge in [0.05, 0.1) is 6.04 Å². The summed E-state index contributed by atoms with van der Waals surface area (Å²) < 4.78 is 27.5. The van der Waals surface area contributed by atoms with E-state index in [0.717, 1.165) is 24.4 Å². The van der Waals surface area contributed by atoms with Crippen molar-refractivity contribution in [3.05, 3.63) is 35.4 Å². The standard InChI is InChI=1S/C13H16F2N2O2S/c14-8-2-1-3-9(15)11(8)10(4-6-18)17-12(19)13-16-5-7-20-13/h1-3,10,13,16,18H,4-7H2,(H,17,19). The molecule has 110 valence electrons. The van der Waals surface area contributed by atoms with Gasteiger partial charge in [-0.2, -0.15) is 0 Å². The number of nitrogens with one attached hydrogen (secondary N) is 2. The molecule has 0 aliphatic carbocycles. The molecule has 20 heavy (non-hydrogen) atoms. The van der Waals surface area contributed by atoms with Crippen LogP contribution < -0.4 is 10.6 Å². The van der Waals surface area contributed by atoms with Crippen LogP contribution in [0.1, 0.15) is 18.0 Å². The highest BCUT2D eigenvalue weighted by atomic mass is 32.2. The zero-order valence-corrected chi connectivity index (χ0v) is 11.6. The second-order valence-electron chi connectivity index (χ2n) is 4.41. The van der Waals surface area contributed by atoms with Crippen LogP contribution in [0.3, 0.4) is 0 Å². The predicted octanol–water partition coefficient (Wildman–Crippen LogP) is 1.17. The van der Waals surface area contributed by atoms with Gasteiger partial charge in [-0.05, 0) is 18.6 Å². The summed E-state index contributed by atoms with van der Waals surface area (Å²) in [5.74, 6) is -0.961. The fourth-order valence-electron chi connectivity index (χ4n) is 2.10. The van der Waals surface area contributed by atoms with Crippen molar-refractivity contribution in [2.75, 3.05) is 18.9 Å². The molecule has 3 N–H and O–H groups in total. The molecule has 1 aromatic carbocycles. The lowest BCUT2D eigenvalue weighted by molar-refractivity contribution is -0.121. The van der Waals surface area contributed by atoms with Crippen LogP contribution in [0, 0.1) is 11.6 Å². The van der Waals surface area contributed by atoms with Crippen molar-refractivity contribution < 1.29 is 18.7 Å². The van der Waals surface area contributed by atoms with Gasteiger partial charge >= 0.3 is 0 Å². The molecule has 1 aromatic rings. The predicted molar refractivity (Wildman–Crippen MR) is 73.2 cm³/mol. The van der Waals surface area contributed by atoms with E-state index >= 15 is 0 Å². The highest BCUT2D eigenvalue weighted by Crippen LogP contribution is 2.24. The third kappa shape index (κ3) is 3.47. The molecule has 2 atom stereocenters. The Morgan fingerprint density at radius 2 is 2.20 bits per heavy atom. The SMILES string of the molecule is O=C(NC(CCO)c1c(F)cccc1F)C1NCCS1. The number of carbonyl (C=O) groups is 1. The molecular weight excluding hydrogens is 286 g/mol. The summed E-state index contributed by atoms with van der Waals surface area (Å²) in [5, 5.41) is 14.2. The van der Waals surface area contributed by atoms with Gasteiger partial charge < -0.3 is 10.4 Å². The monoisotopic (exact) mass is 302 g/mol. The maximum Gasteiger partial charge on any atom is 0.248 e. The van der Waals surface area contributed by atoms with E-state index in [1.54, 1.807) is 0 Å². The van der Waals surface area contributed by atoms with Crippen LogP contribution >= 0.6 is 11.8 Å². The minimum atomic E-state index is -0.878. The van der Waals surface area contributed by atoms with E-state index in [2.05, 4.69) is 10.6 Å². The molecule has 0 spiro atoms. The molecular formula is C13H16F2N2O2S. The maximum absolute atomic E-state index is 13.8. The quantitative estimate of drug-likeness (QED) is 0.764. The number of benzene rings is 1. The smallest absolute Gasteiger partial charge is 0.248 e. The molecule has 7 heteroatoms. The second kappa shape index (κ2) is 7.01.